The Kier molecular flexibility index (Phi) is 4.35. The average Bonchev–Trinajstić information content (AvgIpc) is 2.85. The Morgan fingerprint density at radius 3 is 2.89 bits per heavy atom. The molecule has 1 aromatic carbocycles. The monoisotopic (exact) mass is 304 g/mol. The fourth-order valence-corrected chi connectivity index (χ4v) is 3.77. The minimum Gasteiger partial charge on any atom is -0.399 e. The summed E-state index contributed by atoms with van der Waals surface area (Å²) in [6, 6.07) is 4.44. The molecule has 2 N–H and O–H groups in total. The normalized spacial score (nSPS) is 20.1. The van der Waals surface area contributed by atoms with Gasteiger partial charge in [0.1, 0.15) is 4.90 Å². The fraction of sp³-hybridized carbons (Fsp3) is 0.500. The minimum atomic E-state index is -3.64. The highest BCUT2D eigenvalue weighted by Crippen LogP contribution is 2.27. The second-order valence-electron chi connectivity index (χ2n) is 4.61. The van der Waals surface area contributed by atoms with E-state index in [-0.39, 0.29) is 16.0 Å². The summed E-state index contributed by atoms with van der Waals surface area (Å²) in [6.45, 7) is 1.02. The van der Waals surface area contributed by atoms with Gasteiger partial charge >= 0.3 is 0 Å². The smallest absolute Gasteiger partial charge is 0.244 e. The van der Waals surface area contributed by atoms with E-state index in [1.807, 2.05) is 0 Å². The highest BCUT2D eigenvalue weighted by molar-refractivity contribution is 7.89. The maximum absolute atomic E-state index is 12.4. The number of nitrogens with zero attached hydrogens (tertiary/aromatic N) is 1. The Morgan fingerprint density at radius 2 is 2.26 bits per heavy atom. The first-order valence-corrected chi connectivity index (χ1v) is 7.86. The van der Waals surface area contributed by atoms with Gasteiger partial charge in [0.15, 0.2) is 0 Å². The Morgan fingerprint density at radius 1 is 1.53 bits per heavy atom. The second kappa shape index (κ2) is 5.66. The van der Waals surface area contributed by atoms with E-state index in [0.717, 1.165) is 12.8 Å². The number of hydrogen-bond acceptors (Lipinski definition) is 4. The van der Waals surface area contributed by atoms with Gasteiger partial charge in [-0.3, -0.25) is 0 Å². The largest absolute Gasteiger partial charge is 0.399 e. The molecule has 1 unspecified atom stereocenters. The number of halogens is 1. The van der Waals surface area contributed by atoms with Gasteiger partial charge in [-0.05, 0) is 31.0 Å². The second-order valence-corrected chi connectivity index (χ2v) is 7.03. The van der Waals surface area contributed by atoms with Gasteiger partial charge in [-0.1, -0.05) is 11.6 Å². The van der Waals surface area contributed by atoms with Gasteiger partial charge in [0.05, 0.1) is 11.1 Å². The van der Waals surface area contributed by atoms with Gasteiger partial charge in [-0.15, -0.1) is 0 Å². The molecule has 1 atom stereocenters. The van der Waals surface area contributed by atoms with Crippen molar-refractivity contribution in [2.75, 3.05) is 25.9 Å². The molecular formula is C12H17ClN2O3S. The van der Waals surface area contributed by atoms with Gasteiger partial charge in [-0.25, -0.2) is 8.42 Å². The zero-order valence-electron chi connectivity index (χ0n) is 10.7. The third-order valence-corrected chi connectivity index (χ3v) is 5.43. The van der Waals surface area contributed by atoms with Gasteiger partial charge in [0.25, 0.3) is 0 Å². The van der Waals surface area contributed by atoms with Crippen LogP contribution in [0.5, 0.6) is 0 Å². The van der Waals surface area contributed by atoms with Crippen molar-refractivity contribution in [1.82, 2.24) is 4.31 Å². The van der Waals surface area contributed by atoms with Crippen LogP contribution in [0.1, 0.15) is 12.8 Å². The molecule has 0 radical (unpaired) electrons. The number of hydrogen-bond donors (Lipinski definition) is 1. The number of benzene rings is 1. The van der Waals surface area contributed by atoms with Crippen LogP contribution in [0.2, 0.25) is 5.02 Å². The molecule has 0 amide bonds. The molecule has 1 aliphatic rings. The molecular weight excluding hydrogens is 288 g/mol. The quantitative estimate of drug-likeness (QED) is 0.860. The van der Waals surface area contributed by atoms with E-state index < -0.39 is 10.0 Å². The lowest BCUT2D eigenvalue weighted by molar-refractivity contribution is 0.0979. The van der Waals surface area contributed by atoms with Crippen LogP contribution in [0.3, 0.4) is 0 Å². The maximum Gasteiger partial charge on any atom is 0.244 e. The van der Waals surface area contributed by atoms with Gasteiger partial charge in [0, 0.05) is 25.9 Å². The molecule has 106 valence electrons. The number of ether oxygens (including phenoxy) is 1. The number of nitrogen functional groups attached to an aromatic ring is 1. The lowest BCUT2D eigenvalue weighted by atomic mass is 10.2. The highest BCUT2D eigenvalue weighted by Gasteiger charge is 2.27. The summed E-state index contributed by atoms with van der Waals surface area (Å²) in [4.78, 5) is 0.0367. The van der Waals surface area contributed by atoms with Crippen LogP contribution in [-0.4, -0.2) is 39.0 Å². The highest BCUT2D eigenvalue weighted by atomic mass is 35.5. The predicted octanol–water partition coefficient (Wildman–Crippen LogP) is 1.72. The van der Waals surface area contributed by atoms with Gasteiger partial charge < -0.3 is 10.5 Å². The van der Waals surface area contributed by atoms with Crippen LogP contribution >= 0.6 is 11.6 Å². The Hall–Kier alpha value is -0.820. The third kappa shape index (κ3) is 3.20. The van der Waals surface area contributed by atoms with Crippen molar-refractivity contribution in [1.29, 1.82) is 0 Å². The van der Waals surface area contributed by atoms with E-state index in [9.17, 15) is 8.42 Å². The lowest BCUT2D eigenvalue weighted by Gasteiger charge is -2.21. The van der Waals surface area contributed by atoms with E-state index in [2.05, 4.69) is 0 Å². The van der Waals surface area contributed by atoms with E-state index >= 15 is 0 Å². The van der Waals surface area contributed by atoms with Crippen LogP contribution in [0.4, 0.5) is 5.69 Å². The van der Waals surface area contributed by atoms with Crippen molar-refractivity contribution in [2.24, 2.45) is 0 Å². The standard InChI is InChI=1S/C12H17ClN2O3S/c1-15(8-10-3-2-6-18-10)19(16,17)12-7-9(14)4-5-11(12)13/h4-5,7,10H,2-3,6,8,14H2,1H3. The molecule has 2 rings (SSSR count). The summed E-state index contributed by atoms with van der Waals surface area (Å²) in [5.41, 5.74) is 5.99. The van der Waals surface area contributed by atoms with Gasteiger partial charge in [-0.2, -0.15) is 4.31 Å². The number of nitrogens with two attached hydrogens (primary N) is 1. The molecule has 1 saturated heterocycles. The minimum absolute atomic E-state index is 0.0367. The van der Waals surface area contributed by atoms with Crippen LogP contribution in [0, 0.1) is 0 Å². The van der Waals surface area contributed by atoms with Crippen molar-refractivity contribution in [3.8, 4) is 0 Å². The van der Waals surface area contributed by atoms with E-state index in [0.29, 0.717) is 18.8 Å². The molecule has 0 spiro atoms. The summed E-state index contributed by atoms with van der Waals surface area (Å²) in [5, 5.41) is 0.174. The zero-order chi connectivity index (χ0) is 14.0. The predicted molar refractivity (Wildman–Crippen MR) is 74.7 cm³/mol. The Balaban J connectivity index is 2.22. The van der Waals surface area contributed by atoms with Crippen LogP contribution in [0.15, 0.2) is 23.1 Å². The fourth-order valence-electron chi connectivity index (χ4n) is 2.06. The SMILES string of the molecule is CN(CC1CCCO1)S(=O)(=O)c1cc(N)ccc1Cl. The molecule has 1 aliphatic heterocycles. The average molecular weight is 305 g/mol. The summed E-state index contributed by atoms with van der Waals surface area (Å²) in [7, 11) is -2.11. The van der Waals surface area contributed by atoms with Gasteiger partial charge in [0.2, 0.25) is 10.0 Å². The number of anilines is 1. The Labute approximate surface area is 118 Å². The van der Waals surface area contributed by atoms with E-state index in [4.69, 9.17) is 22.1 Å². The Bertz CT molecular complexity index is 556. The van der Waals surface area contributed by atoms with Crippen molar-refractivity contribution >= 4 is 27.3 Å². The first-order valence-electron chi connectivity index (χ1n) is 6.04. The van der Waals surface area contributed by atoms with Crippen LogP contribution < -0.4 is 5.73 Å². The summed E-state index contributed by atoms with van der Waals surface area (Å²) in [5.74, 6) is 0. The van der Waals surface area contributed by atoms with Crippen LogP contribution in [0.25, 0.3) is 0 Å². The molecule has 1 fully saturated rings. The maximum atomic E-state index is 12.4. The topological polar surface area (TPSA) is 72.6 Å². The lowest BCUT2D eigenvalue weighted by Crippen LogP contribution is -2.34. The van der Waals surface area contributed by atoms with E-state index in [1.54, 1.807) is 6.07 Å². The van der Waals surface area contributed by atoms with Crippen molar-refractivity contribution in [3.63, 3.8) is 0 Å². The van der Waals surface area contributed by atoms with Crippen molar-refractivity contribution in [3.05, 3.63) is 23.2 Å². The molecule has 0 aliphatic carbocycles. The molecule has 0 bridgehead atoms. The molecule has 1 aromatic rings. The number of rotatable bonds is 4. The molecule has 19 heavy (non-hydrogen) atoms. The van der Waals surface area contributed by atoms with Crippen molar-refractivity contribution < 1.29 is 13.2 Å². The first kappa shape index (κ1) is 14.6. The third-order valence-electron chi connectivity index (χ3n) is 3.13. The van der Waals surface area contributed by atoms with Crippen LogP contribution in [-0.2, 0) is 14.8 Å². The molecule has 0 aromatic heterocycles. The molecule has 1 heterocycles. The summed E-state index contributed by atoms with van der Waals surface area (Å²) < 4.78 is 31.6. The summed E-state index contributed by atoms with van der Waals surface area (Å²) in [6.07, 6.45) is 1.81. The summed E-state index contributed by atoms with van der Waals surface area (Å²) >= 11 is 5.95. The number of likely N-dealkylation sites (N-methyl/N-ethyl adjacent to an activating group) is 1. The first-order chi connectivity index (χ1) is 8.91. The molecule has 0 saturated carbocycles. The zero-order valence-corrected chi connectivity index (χ0v) is 12.2. The number of sulfonamides is 1. The molecule has 5 nitrogen and oxygen atoms in total. The van der Waals surface area contributed by atoms with E-state index in [1.165, 1.54) is 23.5 Å². The molecule has 7 heteroatoms. The van der Waals surface area contributed by atoms with Crippen molar-refractivity contribution in [2.45, 2.75) is 23.8 Å².